The molecular formula is C18H20N2S2. The summed E-state index contributed by atoms with van der Waals surface area (Å²) in [5, 5.41) is 0. The van der Waals surface area contributed by atoms with Crippen LogP contribution in [-0.2, 0) is 0 Å². The minimum atomic E-state index is 0.801. The maximum Gasteiger partial charge on any atom is 0.0314 e. The summed E-state index contributed by atoms with van der Waals surface area (Å²) in [6.07, 6.45) is 8.59. The van der Waals surface area contributed by atoms with Gasteiger partial charge in [-0.2, -0.15) is 0 Å². The molecule has 0 saturated carbocycles. The molecule has 114 valence electrons. The van der Waals surface area contributed by atoms with Crippen molar-refractivity contribution < 1.29 is 0 Å². The van der Waals surface area contributed by atoms with Crippen LogP contribution in [0, 0.1) is 0 Å². The monoisotopic (exact) mass is 328 g/mol. The second-order valence-corrected chi connectivity index (χ2v) is 7.26. The highest BCUT2D eigenvalue weighted by atomic mass is 33.1. The first-order chi connectivity index (χ1) is 10.7. The molecule has 0 saturated heterocycles. The number of benzene rings is 2. The van der Waals surface area contributed by atoms with Crippen LogP contribution in [0.5, 0.6) is 0 Å². The molecule has 0 aliphatic heterocycles. The van der Waals surface area contributed by atoms with Crippen molar-refractivity contribution in [1.29, 1.82) is 0 Å². The van der Waals surface area contributed by atoms with Gasteiger partial charge in [-0.25, -0.2) is 0 Å². The molecule has 0 heterocycles. The number of nitrogen functional groups attached to an aromatic ring is 2. The van der Waals surface area contributed by atoms with E-state index in [4.69, 9.17) is 11.5 Å². The predicted octanol–water partition coefficient (Wildman–Crippen LogP) is 4.96. The molecule has 0 radical (unpaired) electrons. The SMILES string of the molecule is Nc1ccc(/C=C/CSSC/C=C/c2ccc(N)cc2)cc1. The molecule has 2 rings (SSSR count). The van der Waals surface area contributed by atoms with Gasteiger partial charge in [-0.05, 0) is 35.4 Å². The molecule has 0 unspecified atom stereocenters. The van der Waals surface area contributed by atoms with E-state index >= 15 is 0 Å². The van der Waals surface area contributed by atoms with E-state index in [9.17, 15) is 0 Å². The first kappa shape index (κ1) is 16.6. The fraction of sp³-hybridized carbons (Fsp3) is 0.111. The molecular weight excluding hydrogens is 308 g/mol. The van der Waals surface area contributed by atoms with Crippen molar-refractivity contribution in [3.05, 3.63) is 71.8 Å². The molecule has 0 aliphatic rings. The Kier molecular flexibility index (Phi) is 7.00. The molecule has 4 heteroatoms. The van der Waals surface area contributed by atoms with Gasteiger partial charge in [-0.3, -0.25) is 0 Å². The summed E-state index contributed by atoms with van der Waals surface area (Å²) >= 11 is 0. The average Bonchev–Trinajstić information content (AvgIpc) is 2.53. The molecule has 2 nitrogen and oxygen atoms in total. The Morgan fingerprint density at radius 2 is 1.00 bits per heavy atom. The van der Waals surface area contributed by atoms with E-state index in [-0.39, 0.29) is 0 Å². The summed E-state index contributed by atoms with van der Waals surface area (Å²) in [6.45, 7) is 0. The standard InChI is InChI=1S/C18H20N2S2/c19-17-9-5-15(6-10-17)3-1-13-21-22-14-2-4-16-7-11-18(20)12-8-16/h1-12H,13-14,19-20H2/b3-1+,4-2+. The van der Waals surface area contributed by atoms with Crippen LogP contribution in [-0.4, -0.2) is 11.5 Å². The van der Waals surface area contributed by atoms with Gasteiger partial charge in [0, 0.05) is 22.9 Å². The molecule has 22 heavy (non-hydrogen) atoms. The van der Waals surface area contributed by atoms with Crippen molar-refractivity contribution >= 4 is 45.1 Å². The average molecular weight is 329 g/mol. The highest BCUT2D eigenvalue weighted by Gasteiger charge is 1.89. The van der Waals surface area contributed by atoms with Crippen molar-refractivity contribution in [2.24, 2.45) is 0 Å². The fourth-order valence-electron chi connectivity index (χ4n) is 1.76. The van der Waals surface area contributed by atoms with Gasteiger partial charge in [0.05, 0.1) is 0 Å². The molecule has 4 N–H and O–H groups in total. The summed E-state index contributed by atoms with van der Waals surface area (Å²) in [6, 6.07) is 15.8. The maximum absolute atomic E-state index is 5.65. The molecule has 0 aromatic heterocycles. The maximum atomic E-state index is 5.65. The second-order valence-electron chi connectivity index (χ2n) is 4.71. The lowest BCUT2D eigenvalue weighted by Gasteiger charge is -1.96. The zero-order chi connectivity index (χ0) is 15.6. The highest BCUT2D eigenvalue weighted by Crippen LogP contribution is 2.22. The number of hydrogen-bond acceptors (Lipinski definition) is 4. The van der Waals surface area contributed by atoms with Gasteiger partial charge < -0.3 is 11.5 Å². The van der Waals surface area contributed by atoms with E-state index in [2.05, 4.69) is 24.3 Å². The highest BCUT2D eigenvalue weighted by molar-refractivity contribution is 8.76. The molecule has 2 aromatic rings. The molecule has 0 amide bonds. The van der Waals surface area contributed by atoms with E-state index in [1.54, 1.807) is 0 Å². The van der Waals surface area contributed by atoms with Crippen LogP contribution >= 0.6 is 21.6 Å². The van der Waals surface area contributed by atoms with Crippen LogP contribution in [0.25, 0.3) is 12.2 Å². The Bertz CT molecular complexity index is 559. The van der Waals surface area contributed by atoms with Gasteiger partial charge in [0.15, 0.2) is 0 Å². The lowest BCUT2D eigenvalue weighted by atomic mass is 10.2. The van der Waals surface area contributed by atoms with E-state index in [1.807, 2.05) is 70.1 Å². The summed E-state index contributed by atoms with van der Waals surface area (Å²) in [5.41, 5.74) is 15.3. The molecule has 0 fully saturated rings. The third kappa shape index (κ3) is 6.33. The molecule has 0 spiro atoms. The Morgan fingerprint density at radius 1 is 0.636 bits per heavy atom. The molecule has 2 aromatic carbocycles. The normalized spacial score (nSPS) is 11.5. The van der Waals surface area contributed by atoms with Crippen LogP contribution in [0.1, 0.15) is 11.1 Å². The van der Waals surface area contributed by atoms with Crippen LogP contribution in [0.2, 0.25) is 0 Å². The Hall–Kier alpha value is -1.78. The first-order valence-electron chi connectivity index (χ1n) is 7.02. The topological polar surface area (TPSA) is 52.0 Å². The third-order valence-electron chi connectivity index (χ3n) is 2.91. The predicted molar refractivity (Wildman–Crippen MR) is 105 cm³/mol. The van der Waals surface area contributed by atoms with Gasteiger partial charge in [0.2, 0.25) is 0 Å². The second kappa shape index (κ2) is 9.28. The van der Waals surface area contributed by atoms with Gasteiger partial charge in [0.25, 0.3) is 0 Å². The van der Waals surface area contributed by atoms with Crippen LogP contribution in [0.4, 0.5) is 11.4 Å². The fourth-order valence-corrected chi connectivity index (χ4v) is 3.35. The van der Waals surface area contributed by atoms with E-state index < -0.39 is 0 Å². The van der Waals surface area contributed by atoms with Crippen molar-refractivity contribution in [2.75, 3.05) is 23.0 Å². The Balaban J connectivity index is 1.61. The number of nitrogens with two attached hydrogens (primary N) is 2. The van der Waals surface area contributed by atoms with Gasteiger partial charge in [0.1, 0.15) is 0 Å². The lowest BCUT2D eigenvalue weighted by molar-refractivity contribution is 1.63. The van der Waals surface area contributed by atoms with Gasteiger partial charge in [-0.1, -0.05) is 70.2 Å². The smallest absolute Gasteiger partial charge is 0.0314 e. The van der Waals surface area contributed by atoms with Crippen LogP contribution in [0.15, 0.2) is 60.7 Å². The van der Waals surface area contributed by atoms with E-state index in [1.165, 1.54) is 11.1 Å². The first-order valence-corrected chi connectivity index (χ1v) is 9.51. The summed E-state index contributed by atoms with van der Waals surface area (Å²) in [5.74, 6) is 1.98. The van der Waals surface area contributed by atoms with Crippen molar-refractivity contribution in [3.8, 4) is 0 Å². The van der Waals surface area contributed by atoms with Crippen LogP contribution in [0.3, 0.4) is 0 Å². The van der Waals surface area contributed by atoms with Crippen molar-refractivity contribution in [3.63, 3.8) is 0 Å². The van der Waals surface area contributed by atoms with Crippen molar-refractivity contribution in [2.45, 2.75) is 0 Å². The molecule has 0 aliphatic carbocycles. The third-order valence-corrected chi connectivity index (χ3v) is 5.05. The lowest BCUT2D eigenvalue weighted by Crippen LogP contribution is -1.82. The van der Waals surface area contributed by atoms with E-state index in [0.717, 1.165) is 22.9 Å². The van der Waals surface area contributed by atoms with Gasteiger partial charge in [-0.15, -0.1) is 0 Å². The zero-order valence-corrected chi connectivity index (χ0v) is 13.9. The van der Waals surface area contributed by atoms with Crippen LogP contribution < -0.4 is 11.5 Å². The van der Waals surface area contributed by atoms with Crippen molar-refractivity contribution in [1.82, 2.24) is 0 Å². The minimum Gasteiger partial charge on any atom is -0.399 e. The summed E-state index contributed by atoms with van der Waals surface area (Å²) < 4.78 is 0. The molecule has 0 atom stereocenters. The Labute approximate surface area is 140 Å². The molecule has 0 bridgehead atoms. The number of rotatable bonds is 7. The number of hydrogen-bond donors (Lipinski definition) is 2. The van der Waals surface area contributed by atoms with E-state index in [0.29, 0.717) is 0 Å². The zero-order valence-electron chi connectivity index (χ0n) is 12.3. The Morgan fingerprint density at radius 3 is 1.36 bits per heavy atom. The quantitative estimate of drug-likeness (QED) is 0.428. The summed E-state index contributed by atoms with van der Waals surface area (Å²) in [7, 11) is 3.69. The number of anilines is 2. The summed E-state index contributed by atoms with van der Waals surface area (Å²) in [4.78, 5) is 0. The van der Waals surface area contributed by atoms with Gasteiger partial charge >= 0.3 is 0 Å². The largest absolute Gasteiger partial charge is 0.399 e. The minimum absolute atomic E-state index is 0.801.